The second-order valence-corrected chi connectivity index (χ2v) is 7.05. The van der Waals surface area contributed by atoms with Crippen LogP contribution in [0.15, 0.2) is 41.8 Å². The number of nitrogens with zero attached hydrogens (tertiary/aromatic N) is 5. The fourth-order valence-electron chi connectivity index (χ4n) is 3.37. The van der Waals surface area contributed by atoms with E-state index < -0.39 is 0 Å². The Kier molecular flexibility index (Phi) is 11.1. The van der Waals surface area contributed by atoms with Gasteiger partial charge in [0.1, 0.15) is 0 Å². The highest BCUT2D eigenvalue weighted by molar-refractivity contribution is 14.0. The van der Waals surface area contributed by atoms with E-state index >= 15 is 0 Å². The molecule has 0 aromatic carbocycles. The summed E-state index contributed by atoms with van der Waals surface area (Å²) < 4.78 is 12.8. The fourth-order valence-corrected chi connectivity index (χ4v) is 3.37. The average Bonchev–Trinajstić information content (AvgIpc) is 3.30. The molecule has 8 nitrogen and oxygen atoms in total. The number of pyridine rings is 1. The number of hydrogen-bond acceptors (Lipinski definition) is 5. The van der Waals surface area contributed by atoms with Crippen molar-refractivity contribution in [2.24, 2.45) is 4.99 Å². The summed E-state index contributed by atoms with van der Waals surface area (Å²) in [5.41, 5.74) is 1.11. The molecule has 0 radical (unpaired) electrons. The number of aromatic nitrogens is 3. The Labute approximate surface area is 196 Å². The minimum atomic E-state index is 0. The number of hydrogen-bond donors (Lipinski definition) is 1. The largest absolute Gasteiger partial charge is 0.385 e. The van der Waals surface area contributed by atoms with Gasteiger partial charge < -0.3 is 19.7 Å². The number of likely N-dealkylation sites (tertiary alicyclic amines) is 1. The van der Waals surface area contributed by atoms with Crippen LogP contribution in [0.2, 0.25) is 0 Å². The van der Waals surface area contributed by atoms with E-state index in [1.807, 2.05) is 24.4 Å². The van der Waals surface area contributed by atoms with E-state index in [2.05, 4.69) is 27.2 Å². The molecule has 3 rings (SSSR count). The number of guanidine groups is 1. The van der Waals surface area contributed by atoms with Crippen molar-refractivity contribution in [3.63, 3.8) is 0 Å². The second-order valence-electron chi connectivity index (χ2n) is 7.05. The average molecular weight is 528 g/mol. The predicted octanol–water partition coefficient (Wildman–Crippen LogP) is 2.87. The molecule has 2 aromatic heterocycles. The highest BCUT2D eigenvalue weighted by atomic mass is 127. The molecule has 3 heterocycles. The molecule has 166 valence electrons. The van der Waals surface area contributed by atoms with Gasteiger partial charge in [0, 0.05) is 58.5 Å². The number of ether oxygens (including phenoxy) is 2. The van der Waals surface area contributed by atoms with Crippen molar-refractivity contribution in [3.05, 3.63) is 42.4 Å². The molecule has 0 atom stereocenters. The molecule has 0 aliphatic carbocycles. The summed E-state index contributed by atoms with van der Waals surface area (Å²) in [7, 11) is 1.73. The first-order valence-electron chi connectivity index (χ1n) is 10.4. The van der Waals surface area contributed by atoms with Crippen LogP contribution in [0.1, 0.15) is 31.7 Å². The maximum Gasteiger partial charge on any atom is 0.194 e. The molecular weight excluding hydrogens is 495 g/mol. The van der Waals surface area contributed by atoms with Gasteiger partial charge in [0.2, 0.25) is 0 Å². The first kappa shape index (κ1) is 24.5. The minimum absolute atomic E-state index is 0. The summed E-state index contributed by atoms with van der Waals surface area (Å²) in [4.78, 5) is 11.6. The zero-order chi connectivity index (χ0) is 20.3. The molecule has 9 heteroatoms. The van der Waals surface area contributed by atoms with Gasteiger partial charge in [-0.3, -0.25) is 0 Å². The van der Waals surface area contributed by atoms with Crippen LogP contribution in [0.5, 0.6) is 0 Å². The van der Waals surface area contributed by atoms with E-state index in [0.717, 1.165) is 69.5 Å². The van der Waals surface area contributed by atoms with Gasteiger partial charge in [-0.1, -0.05) is 0 Å². The summed E-state index contributed by atoms with van der Waals surface area (Å²) in [6, 6.07) is 5.92. The van der Waals surface area contributed by atoms with Crippen molar-refractivity contribution in [1.82, 2.24) is 25.0 Å². The third-order valence-corrected chi connectivity index (χ3v) is 4.88. The third kappa shape index (κ3) is 7.51. The SMILES string of the molecule is CCNC(=NCc1ccnc(-n2cccn2)c1)N1CCC(OCCCOC)CC1.I. The third-order valence-electron chi connectivity index (χ3n) is 4.88. The maximum atomic E-state index is 5.97. The quantitative estimate of drug-likeness (QED) is 0.234. The molecule has 1 N–H and O–H groups in total. The van der Waals surface area contributed by atoms with Gasteiger partial charge >= 0.3 is 0 Å². The second kappa shape index (κ2) is 13.6. The Morgan fingerprint density at radius 3 is 2.80 bits per heavy atom. The number of nitrogens with one attached hydrogen (secondary N) is 1. The number of halogens is 1. The monoisotopic (exact) mass is 528 g/mol. The summed E-state index contributed by atoms with van der Waals surface area (Å²) >= 11 is 0. The van der Waals surface area contributed by atoms with Crippen molar-refractivity contribution in [2.45, 2.75) is 38.8 Å². The van der Waals surface area contributed by atoms with Crippen molar-refractivity contribution in [3.8, 4) is 5.82 Å². The van der Waals surface area contributed by atoms with Gasteiger partial charge in [0.05, 0.1) is 12.6 Å². The fraction of sp³-hybridized carbons (Fsp3) is 0.571. The normalized spacial score (nSPS) is 15.1. The molecule has 0 unspecified atom stereocenters. The highest BCUT2D eigenvalue weighted by Gasteiger charge is 2.21. The zero-order valence-corrected chi connectivity index (χ0v) is 20.2. The van der Waals surface area contributed by atoms with Gasteiger partial charge in [-0.15, -0.1) is 24.0 Å². The van der Waals surface area contributed by atoms with Gasteiger partial charge in [-0.2, -0.15) is 5.10 Å². The summed E-state index contributed by atoms with van der Waals surface area (Å²) in [5.74, 6) is 1.77. The molecule has 1 aliphatic rings. The number of rotatable bonds is 9. The van der Waals surface area contributed by atoms with Crippen LogP contribution < -0.4 is 5.32 Å². The number of piperidine rings is 1. The molecule has 1 saturated heterocycles. The van der Waals surface area contributed by atoms with Crippen molar-refractivity contribution in [2.75, 3.05) is 40.0 Å². The van der Waals surface area contributed by atoms with Crippen molar-refractivity contribution < 1.29 is 9.47 Å². The Morgan fingerprint density at radius 2 is 2.10 bits per heavy atom. The van der Waals surface area contributed by atoms with E-state index in [1.165, 1.54) is 0 Å². The molecule has 0 spiro atoms. The topological polar surface area (TPSA) is 76.8 Å². The lowest BCUT2D eigenvalue weighted by Crippen LogP contribution is -2.47. The van der Waals surface area contributed by atoms with Crippen LogP contribution in [0, 0.1) is 0 Å². The van der Waals surface area contributed by atoms with Gasteiger partial charge in [-0.05, 0) is 49.9 Å². The predicted molar refractivity (Wildman–Crippen MR) is 129 cm³/mol. The number of aliphatic imine (C=N–C) groups is 1. The maximum absolute atomic E-state index is 5.97. The van der Waals surface area contributed by atoms with Crippen LogP contribution in [0.3, 0.4) is 0 Å². The van der Waals surface area contributed by atoms with Gasteiger partial charge in [0.15, 0.2) is 11.8 Å². The van der Waals surface area contributed by atoms with Crippen LogP contribution in [0.4, 0.5) is 0 Å². The van der Waals surface area contributed by atoms with Gasteiger partial charge in [0.25, 0.3) is 0 Å². The standard InChI is InChI=1S/C21H32N6O2.HI/c1-3-22-21(26-12-7-19(8-13-26)29-15-5-14-28-2)24-17-18-6-10-23-20(16-18)27-11-4-9-25-27;/h4,6,9-11,16,19H,3,5,7-8,12-15,17H2,1-2H3,(H,22,24);1H. The zero-order valence-electron chi connectivity index (χ0n) is 17.9. The highest BCUT2D eigenvalue weighted by Crippen LogP contribution is 2.15. The first-order valence-corrected chi connectivity index (χ1v) is 10.4. The van der Waals surface area contributed by atoms with Crippen molar-refractivity contribution >= 4 is 29.9 Å². The molecule has 1 aliphatic heterocycles. The number of methoxy groups -OCH3 is 1. The molecular formula is C21H33IN6O2. The molecule has 0 saturated carbocycles. The van der Waals surface area contributed by atoms with Gasteiger partial charge in [-0.25, -0.2) is 14.7 Å². The van der Waals surface area contributed by atoms with Crippen LogP contribution >= 0.6 is 24.0 Å². The molecule has 0 bridgehead atoms. The first-order chi connectivity index (χ1) is 14.3. The smallest absolute Gasteiger partial charge is 0.194 e. The lowest BCUT2D eigenvalue weighted by molar-refractivity contribution is 0.00990. The Morgan fingerprint density at radius 1 is 1.27 bits per heavy atom. The van der Waals surface area contributed by atoms with E-state index in [-0.39, 0.29) is 24.0 Å². The molecule has 0 amide bonds. The van der Waals surface area contributed by atoms with Crippen molar-refractivity contribution in [1.29, 1.82) is 0 Å². The van der Waals surface area contributed by atoms with E-state index in [0.29, 0.717) is 12.6 Å². The van der Waals surface area contributed by atoms with E-state index in [4.69, 9.17) is 14.5 Å². The molecule has 30 heavy (non-hydrogen) atoms. The Balaban J connectivity index is 0.00000320. The van der Waals surface area contributed by atoms with Crippen LogP contribution in [-0.2, 0) is 16.0 Å². The lowest BCUT2D eigenvalue weighted by atomic mass is 10.1. The minimum Gasteiger partial charge on any atom is -0.385 e. The van der Waals surface area contributed by atoms with E-state index in [1.54, 1.807) is 24.2 Å². The van der Waals surface area contributed by atoms with Crippen LogP contribution in [-0.4, -0.2) is 71.7 Å². The lowest BCUT2D eigenvalue weighted by Gasteiger charge is -2.34. The summed E-state index contributed by atoms with van der Waals surface area (Å²) in [6.07, 6.45) is 8.78. The van der Waals surface area contributed by atoms with E-state index in [9.17, 15) is 0 Å². The Hall–Kier alpha value is -1.72. The molecule has 2 aromatic rings. The summed E-state index contributed by atoms with van der Waals surface area (Å²) in [6.45, 7) is 6.99. The summed E-state index contributed by atoms with van der Waals surface area (Å²) in [5, 5.41) is 7.67. The Bertz CT molecular complexity index is 748. The molecule has 1 fully saturated rings. The van der Waals surface area contributed by atoms with Crippen LogP contribution in [0.25, 0.3) is 5.82 Å².